The van der Waals surface area contributed by atoms with Crippen molar-refractivity contribution >= 4 is 49.7 Å². The van der Waals surface area contributed by atoms with Crippen LogP contribution in [0.3, 0.4) is 0 Å². The fourth-order valence-electron chi connectivity index (χ4n) is 1.82. The minimum atomic E-state index is -3.80. The van der Waals surface area contributed by atoms with Crippen LogP contribution >= 0.6 is 22.7 Å². The van der Waals surface area contributed by atoms with E-state index >= 15 is 0 Å². The maximum absolute atomic E-state index is 12.3. The van der Waals surface area contributed by atoms with Crippen molar-refractivity contribution in [2.75, 3.05) is 10.0 Å². The highest BCUT2D eigenvalue weighted by Crippen LogP contribution is 2.36. The van der Waals surface area contributed by atoms with Gasteiger partial charge in [-0.2, -0.15) is 5.21 Å². The normalized spacial score (nSPS) is 11.4. The van der Waals surface area contributed by atoms with E-state index in [4.69, 9.17) is 0 Å². The molecule has 0 radical (unpaired) electrons. The minimum absolute atomic E-state index is 0.108. The first-order valence-electron chi connectivity index (χ1n) is 6.45. The number of carbonyl (C=O) groups excluding carboxylic acids is 1. The lowest BCUT2D eigenvalue weighted by molar-refractivity contribution is -0.114. The van der Waals surface area contributed by atoms with Gasteiger partial charge in [0.05, 0.1) is 10.6 Å². The largest absolute Gasteiger partial charge is 0.302 e. The molecule has 0 aromatic carbocycles. The number of rotatable bonds is 5. The topological polar surface area (TPSA) is 143 Å². The molecule has 0 fully saturated rings. The van der Waals surface area contributed by atoms with Gasteiger partial charge in [0.2, 0.25) is 5.91 Å². The number of thiophene rings is 1. The molecule has 3 aromatic rings. The SMILES string of the molecule is CC(=O)Nc1nc(C)c(-c2csc(S(=O)(=O)Nc3nn[nH]n3)c2)s1. The van der Waals surface area contributed by atoms with Crippen LogP contribution in [0, 0.1) is 6.92 Å². The van der Waals surface area contributed by atoms with Gasteiger partial charge >= 0.3 is 0 Å². The van der Waals surface area contributed by atoms with Crippen molar-refractivity contribution in [1.82, 2.24) is 25.6 Å². The number of aromatic nitrogens is 5. The Labute approximate surface area is 144 Å². The maximum Gasteiger partial charge on any atom is 0.276 e. The summed E-state index contributed by atoms with van der Waals surface area (Å²) in [7, 11) is -3.80. The number of nitrogens with one attached hydrogen (secondary N) is 3. The summed E-state index contributed by atoms with van der Waals surface area (Å²) in [6.45, 7) is 3.19. The van der Waals surface area contributed by atoms with E-state index < -0.39 is 10.0 Å². The average molecular weight is 385 g/mol. The molecular formula is C11H11N7O3S3. The first-order chi connectivity index (χ1) is 11.3. The highest BCUT2D eigenvalue weighted by Gasteiger charge is 2.21. The van der Waals surface area contributed by atoms with Crippen LogP contribution in [0.5, 0.6) is 0 Å². The Bertz CT molecular complexity index is 975. The van der Waals surface area contributed by atoms with Gasteiger partial charge in [0.15, 0.2) is 5.13 Å². The molecule has 24 heavy (non-hydrogen) atoms. The molecule has 0 saturated heterocycles. The Kier molecular flexibility index (Phi) is 4.29. The van der Waals surface area contributed by atoms with E-state index in [0.717, 1.165) is 16.2 Å². The van der Waals surface area contributed by atoms with E-state index in [1.807, 2.05) is 0 Å². The maximum atomic E-state index is 12.3. The Morgan fingerprint density at radius 1 is 1.38 bits per heavy atom. The molecule has 3 rings (SSSR count). The standard InChI is InChI=1S/C11H11N7O3S3/c1-5-9(23-11(12-5)13-6(2)19)7-3-8(22-4-7)24(20,21)16-10-14-17-18-15-10/h3-4H,1-2H3,(H,12,13,19)(H2,14,15,16,17,18). The highest BCUT2D eigenvalue weighted by molar-refractivity contribution is 7.94. The fraction of sp³-hybridized carbons (Fsp3) is 0.182. The lowest BCUT2D eigenvalue weighted by atomic mass is 10.2. The molecule has 1 amide bonds. The molecule has 10 nitrogen and oxygen atoms in total. The molecule has 0 aliphatic rings. The van der Waals surface area contributed by atoms with Gasteiger partial charge in [0.1, 0.15) is 4.21 Å². The predicted octanol–water partition coefficient (Wildman–Crippen LogP) is 1.45. The second-order valence-corrected chi connectivity index (χ2v) is 8.43. The zero-order chi connectivity index (χ0) is 17.3. The van der Waals surface area contributed by atoms with Crippen LogP contribution in [0.4, 0.5) is 11.1 Å². The number of carbonyl (C=O) groups is 1. The summed E-state index contributed by atoms with van der Waals surface area (Å²) in [6.07, 6.45) is 0. The van der Waals surface area contributed by atoms with Crippen LogP contribution in [0.2, 0.25) is 0 Å². The number of tetrazole rings is 1. The monoisotopic (exact) mass is 385 g/mol. The van der Waals surface area contributed by atoms with E-state index in [9.17, 15) is 13.2 Å². The minimum Gasteiger partial charge on any atom is -0.302 e. The van der Waals surface area contributed by atoms with Crippen LogP contribution in [0.25, 0.3) is 10.4 Å². The average Bonchev–Trinajstić information content (AvgIpc) is 3.18. The summed E-state index contributed by atoms with van der Waals surface area (Å²) in [5, 5.41) is 17.4. The van der Waals surface area contributed by atoms with Crippen LogP contribution in [-0.4, -0.2) is 39.9 Å². The zero-order valence-corrected chi connectivity index (χ0v) is 14.8. The van der Waals surface area contributed by atoms with Gasteiger partial charge in [-0.25, -0.2) is 18.1 Å². The summed E-state index contributed by atoms with van der Waals surface area (Å²) in [4.78, 5) is 16.1. The first-order valence-corrected chi connectivity index (χ1v) is 9.63. The molecule has 0 unspecified atom stereocenters. The Morgan fingerprint density at radius 3 is 2.83 bits per heavy atom. The molecule has 0 spiro atoms. The Hall–Kier alpha value is -2.38. The van der Waals surface area contributed by atoms with E-state index in [1.54, 1.807) is 12.3 Å². The van der Waals surface area contributed by atoms with Crippen LogP contribution in [0.15, 0.2) is 15.7 Å². The molecule has 0 atom stereocenters. The Morgan fingerprint density at radius 2 is 2.17 bits per heavy atom. The summed E-state index contributed by atoms with van der Waals surface area (Å²) in [6, 6.07) is 1.53. The fourth-order valence-corrected chi connectivity index (χ4v) is 5.00. The second-order valence-electron chi connectivity index (χ2n) is 4.61. The number of H-pyrrole nitrogens is 1. The van der Waals surface area contributed by atoms with Gasteiger partial charge in [-0.3, -0.25) is 4.79 Å². The number of amides is 1. The van der Waals surface area contributed by atoms with Gasteiger partial charge in [-0.15, -0.1) is 16.4 Å². The number of hydrogen-bond acceptors (Lipinski definition) is 9. The number of nitrogens with zero attached hydrogens (tertiary/aromatic N) is 4. The number of sulfonamides is 1. The summed E-state index contributed by atoms with van der Waals surface area (Å²) >= 11 is 2.34. The van der Waals surface area contributed by atoms with E-state index in [2.05, 4.69) is 35.6 Å². The Balaban J connectivity index is 1.88. The van der Waals surface area contributed by atoms with Gasteiger partial charge in [-0.1, -0.05) is 16.4 Å². The molecule has 0 saturated carbocycles. The molecule has 0 aliphatic heterocycles. The lowest BCUT2D eigenvalue weighted by Gasteiger charge is -1.99. The number of hydrogen-bond donors (Lipinski definition) is 3. The third-order valence-corrected chi connectivity index (χ3v) is 6.64. The smallest absolute Gasteiger partial charge is 0.276 e. The van der Waals surface area contributed by atoms with Gasteiger partial charge in [0.25, 0.3) is 16.0 Å². The molecule has 0 aliphatic carbocycles. The third-order valence-electron chi connectivity index (χ3n) is 2.75. The molecule has 3 N–H and O–H groups in total. The summed E-state index contributed by atoms with van der Waals surface area (Å²) in [5.41, 5.74) is 1.41. The van der Waals surface area contributed by atoms with Crippen LogP contribution in [-0.2, 0) is 14.8 Å². The quantitative estimate of drug-likeness (QED) is 0.603. The molecular weight excluding hydrogens is 374 g/mol. The zero-order valence-electron chi connectivity index (χ0n) is 12.4. The number of aromatic amines is 1. The molecule has 0 bridgehead atoms. The van der Waals surface area contributed by atoms with Crippen molar-refractivity contribution in [3.8, 4) is 10.4 Å². The predicted molar refractivity (Wildman–Crippen MR) is 89.5 cm³/mol. The van der Waals surface area contributed by atoms with E-state index in [1.165, 1.54) is 24.3 Å². The van der Waals surface area contributed by atoms with Crippen molar-refractivity contribution in [3.05, 3.63) is 17.1 Å². The lowest BCUT2D eigenvalue weighted by Crippen LogP contribution is -2.12. The summed E-state index contributed by atoms with van der Waals surface area (Å²) in [5.74, 6) is -0.347. The van der Waals surface area contributed by atoms with Gasteiger partial charge < -0.3 is 5.32 Å². The molecule has 13 heteroatoms. The molecule has 3 aromatic heterocycles. The number of aryl methyl sites for hydroxylation is 1. The molecule has 3 heterocycles. The molecule has 126 valence electrons. The van der Waals surface area contributed by atoms with E-state index in [0.29, 0.717) is 16.4 Å². The number of thiazole rings is 1. The van der Waals surface area contributed by atoms with Crippen molar-refractivity contribution in [2.24, 2.45) is 0 Å². The second kappa shape index (κ2) is 6.26. The summed E-state index contributed by atoms with van der Waals surface area (Å²) < 4.78 is 26.9. The first kappa shape index (κ1) is 16.5. The van der Waals surface area contributed by atoms with Gasteiger partial charge in [0, 0.05) is 17.9 Å². The van der Waals surface area contributed by atoms with Gasteiger partial charge in [-0.05, 0) is 18.2 Å². The van der Waals surface area contributed by atoms with Crippen molar-refractivity contribution < 1.29 is 13.2 Å². The number of anilines is 2. The van der Waals surface area contributed by atoms with Crippen molar-refractivity contribution in [3.63, 3.8) is 0 Å². The van der Waals surface area contributed by atoms with Crippen molar-refractivity contribution in [1.29, 1.82) is 0 Å². The third kappa shape index (κ3) is 3.42. The van der Waals surface area contributed by atoms with Crippen molar-refractivity contribution in [2.45, 2.75) is 18.1 Å². The van der Waals surface area contributed by atoms with Crippen LogP contribution in [0.1, 0.15) is 12.6 Å². The van der Waals surface area contributed by atoms with E-state index in [-0.39, 0.29) is 16.1 Å². The van der Waals surface area contributed by atoms with Crippen LogP contribution < -0.4 is 10.0 Å². The highest BCUT2D eigenvalue weighted by atomic mass is 32.2.